The van der Waals surface area contributed by atoms with Gasteiger partial charge < -0.3 is 14.7 Å². The highest BCUT2D eigenvalue weighted by Crippen LogP contribution is 2.24. The first-order chi connectivity index (χ1) is 12.6. The maximum Gasteiger partial charge on any atom is 0.272 e. The Labute approximate surface area is 155 Å². The van der Waals surface area contributed by atoms with Crippen molar-refractivity contribution >= 4 is 28.4 Å². The number of rotatable bonds is 3. The van der Waals surface area contributed by atoms with Crippen molar-refractivity contribution in [2.45, 2.75) is 12.5 Å². The molecule has 6 heteroatoms. The first kappa shape index (κ1) is 16.7. The molecular weight excluding hydrogens is 352 g/mol. The molecule has 1 unspecified atom stereocenters. The summed E-state index contributed by atoms with van der Waals surface area (Å²) < 4.78 is 5.92. The number of hydrogen-bond donors (Lipinski definition) is 1. The van der Waals surface area contributed by atoms with Gasteiger partial charge in [-0.15, -0.1) is 0 Å². The van der Waals surface area contributed by atoms with E-state index < -0.39 is 0 Å². The number of carbonyl (C=O) groups is 1. The number of aromatic hydroxyl groups is 1. The average molecular weight is 369 g/mol. The standard InChI is InChI=1S/C20H17ClN2O3/c21-14-5-7-15(8-6-14)26-16-10-11-23(12-16)20(25)17-9-4-13-2-1-3-18(24)19(13)22-17/h1-9,16,24H,10-12H2. The van der Waals surface area contributed by atoms with Crippen LogP contribution in [0.5, 0.6) is 11.5 Å². The molecule has 1 aliphatic rings. The fraction of sp³-hybridized carbons (Fsp3) is 0.200. The van der Waals surface area contributed by atoms with Gasteiger partial charge in [-0.25, -0.2) is 4.98 Å². The van der Waals surface area contributed by atoms with Crippen LogP contribution in [-0.2, 0) is 0 Å². The van der Waals surface area contributed by atoms with E-state index in [0.717, 1.165) is 17.6 Å². The fourth-order valence-corrected chi connectivity index (χ4v) is 3.25. The highest BCUT2D eigenvalue weighted by Gasteiger charge is 2.29. The molecule has 26 heavy (non-hydrogen) atoms. The Morgan fingerprint density at radius 1 is 1.15 bits per heavy atom. The number of benzene rings is 2. The maximum atomic E-state index is 12.8. The Kier molecular flexibility index (Phi) is 4.39. The molecule has 1 amide bonds. The number of ether oxygens (including phenoxy) is 1. The number of carbonyl (C=O) groups excluding carboxylic acids is 1. The molecule has 1 aliphatic heterocycles. The van der Waals surface area contributed by atoms with Crippen LogP contribution < -0.4 is 4.74 Å². The third-order valence-corrected chi connectivity index (χ3v) is 4.72. The van der Waals surface area contributed by atoms with Gasteiger partial charge in [-0.1, -0.05) is 29.8 Å². The van der Waals surface area contributed by atoms with Gasteiger partial charge in [0.15, 0.2) is 0 Å². The summed E-state index contributed by atoms with van der Waals surface area (Å²) in [6.45, 7) is 1.11. The van der Waals surface area contributed by atoms with E-state index in [9.17, 15) is 9.90 Å². The molecule has 2 heterocycles. The zero-order chi connectivity index (χ0) is 18.1. The lowest BCUT2D eigenvalue weighted by Gasteiger charge is -2.17. The van der Waals surface area contributed by atoms with Crippen molar-refractivity contribution in [3.8, 4) is 11.5 Å². The largest absolute Gasteiger partial charge is 0.506 e. The van der Waals surface area contributed by atoms with Crippen LogP contribution >= 0.6 is 11.6 Å². The molecule has 1 atom stereocenters. The molecule has 5 nitrogen and oxygen atoms in total. The highest BCUT2D eigenvalue weighted by atomic mass is 35.5. The number of hydrogen-bond acceptors (Lipinski definition) is 4. The molecule has 0 radical (unpaired) electrons. The van der Waals surface area contributed by atoms with Crippen LogP contribution in [-0.4, -0.2) is 40.1 Å². The predicted octanol–water partition coefficient (Wildman–Crippen LogP) is 3.89. The van der Waals surface area contributed by atoms with Crippen LogP contribution in [0.3, 0.4) is 0 Å². The number of amides is 1. The molecule has 0 saturated carbocycles. The highest BCUT2D eigenvalue weighted by molar-refractivity contribution is 6.30. The third kappa shape index (κ3) is 3.30. The van der Waals surface area contributed by atoms with E-state index in [-0.39, 0.29) is 17.8 Å². The molecule has 132 valence electrons. The number of likely N-dealkylation sites (tertiary alicyclic amines) is 1. The summed E-state index contributed by atoms with van der Waals surface area (Å²) in [6, 6.07) is 15.9. The topological polar surface area (TPSA) is 62.7 Å². The number of fused-ring (bicyclic) bond motifs is 1. The predicted molar refractivity (Wildman–Crippen MR) is 99.8 cm³/mol. The number of nitrogens with zero attached hydrogens (tertiary/aromatic N) is 2. The van der Waals surface area contributed by atoms with Gasteiger partial charge >= 0.3 is 0 Å². The third-order valence-electron chi connectivity index (χ3n) is 4.47. The van der Waals surface area contributed by atoms with Gasteiger partial charge in [0, 0.05) is 23.4 Å². The molecule has 1 saturated heterocycles. The van der Waals surface area contributed by atoms with Gasteiger partial charge in [-0.05, 0) is 36.4 Å². The smallest absolute Gasteiger partial charge is 0.272 e. The number of phenols is 1. The van der Waals surface area contributed by atoms with E-state index in [1.54, 1.807) is 41.3 Å². The summed E-state index contributed by atoms with van der Waals surface area (Å²) >= 11 is 5.88. The van der Waals surface area contributed by atoms with Crippen molar-refractivity contribution in [3.05, 3.63) is 65.3 Å². The zero-order valence-electron chi connectivity index (χ0n) is 13.9. The van der Waals surface area contributed by atoms with Gasteiger partial charge in [-0.3, -0.25) is 4.79 Å². The van der Waals surface area contributed by atoms with Crippen LogP contribution in [0.2, 0.25) is 5.02 Å². The second-order valence-electron chi connectivity index (χ2n) is 6.28. The summed E-state index contributed by atoms with van der Waals surface area (Å²) in [5, 5.41) is 11.4. The Morgan fingerprint density at radius 3 is 2.77 bits per heavy atom. The van der Waals surface area contributed by atoms with Gasteiger partial charge in [-0.2, -0.15) is 0 Å². The van der Waals surface area contributed by atoms with E-state index in [2.05, 4.69) is 4.98 Å². The zero-order valence-corrected chi connectivity index (χ0v) is 14.7. The number of pyridine rings is 1. The Bertz CT molecular complexity index is 959. The Morgan fingerprint density at radius 2 is 1.96 bits per heavy atom. The number of halogens is 1. The van der Waals surface area contributed by atoms with Crippen LogP contribution in [0.25, 0.3) is 10.9 Å². The lowest BCUT2D eigenvalue weighted by atomic mass is 10.2. The van der Waals surface area contributed by atoms with Gasteiger partial charge in [0.05, 0.1) is 6.54 Å². The molecule has 3 aromatic rings. The van der Waals surface area contributed by atoms with E-state index in [1.165, 1.54) is 0 Å². The molecular formula is C20H17ClN2O3. The quantitative estimate of drug-likeness (QED) is 0.761. The van der Waals surface area contributed by atoms with Crippen LogP contribution in [0.4, 0.5) is 0 Å². The van der Waals surface area contributed by atoms with Gasteiger partial charge in [0.2, 0.25) is 0 Å². The summed E-state index contributed by atoms with van der Waals surface area (Å²) in [6.07, 6.45) is 0.696. The Balaban J connectivity index is 1.47. The SMILES string of the molecule is O=C(c1ccc2cccc(O)c2n1)N1CCC(Oc2ccc(Cl)cc2)C1. The number of phenolic OH excluding ortho intramolecular Hbond substituents is 1. The molecule has 4 rings (SSSR count). The fourth-order valence-electron chi connectivity index (χ4n) is 3.13. The van der Waals surface area contributed by atoms with Crippen molar-refractivity contribution in [3.63, 3.8) is 0 Å². The number of aromatic nitrogens is 1. The summed E-state index contributed by atoms with van der Waals surface area (Å²) in [5.41, 5.74) is 0.762. The molecule has 2 aromatic carbocycles. The molecule has 1 N–H and O–H groups in total. The first-order valence-electron chi connectivity index (χ1n) is 8.40. The van der Waals surface area contributed by atoms with Crippen molar-refractivity contribution in [1.82, 2.24) is 9.88 Å². The molecule has 0 aliphatic carbocycles. The second-order valence-corrected chi connectivity index (χ2v) is 6.72. The van der Waals surface area contributed by atoms with Crippen LogP contribution in [0, 0.1) is 0 Å². The van der Waals surface area contributed by atoms with E-state index in [0.29, 0.717) is 29.3 Å². The van der Waals surface area contributed by atoms with E-state index in [4.69, 9.17) is 16.3 Å². The van der Waals surface area contributed by atoms with Crippen molar-refractivity contribution in [1.29, 1.82) is 0 Å². The lowest BCUT2D eigenvalue weighted by molar-refractivity contribution is 0.0767. The first-order valence-corrected chi connectivity index (χ1v) is 8.78. The average Bonchev–Trinajstić information content (AvgIpc) is 3.12. The summed E-state index contributed by atoms with van der Waals surface area (Å²) in [5.74, 6) is 0.655. The molecule has 0 spiro atoms. The Hall–Kier alpha value is -2.79. The van der Waals surface area contributed by atoms with E-state index in [1.807, 2.05) is 18.2 Å². The monoisotopic (exact) mass is 368 g/mol. The van der Waals surface area contributed by atoms with Crippen LogP contribution in [0.1, 0.15) is 16.9 Å². The minimum Gasteiger partial charge on any atom is -0.506 e. The van der Waals surface area contributed by atoms with Crippen molar-refractivity contribution < 1.29 is 14.6 Å². The molecule has 0 bridgehead atoms. The summed E-state index contributed by atoms with van der Waals surface area (Å²) in [4.78, 5) is 18.8. The van der Waals surface area contributed by atoms with Crippen molar-refractivity contribution in [2.75, 3.05) is 13.1 Å². The minimum absolute atomic E-state index is 0.0611. The van der Waals surface area contributed by atoms with Gasteiger partial charge in [0.25, 0.3) is 5.91 Å². The maximum absolute atomic E-state index is 12.8. The minimum atomic E-state index is -0.155. The van der Waals surface area contributed by atoms with Gasteiger partial charge in [0.1, 0.15) is 28.8 Å². The normalized spacial score (nSPS) is 16.8. The lowest BCUT2D eigenvalue weighted by Crippen LogP contribution is -2.31. The summed E-state index contributed by atoms with van der Waals surface area (Å²) in [7, 11) is 0. The van der Waals surface area contributed by atoms with Crippen molar-refractivity contribution in [2.24, 2.45) is 0 Å². The second kappa shape index (κ2) is 6.84. The van der Waals surface area contributed by atoms with E-state index >= 15 is 0 Å². The molecule has 1 aromatic heterocycles. The number of para-hydroxylation sites is 1. The van der Waals surface area contributed by atoms with Crippen LogP contribution in [0.15, 0.2) is 54.6 Å². The molecule has 1 fully saturated rings.